The van der Waals surface area contributed by atoms with E-state index in [1.165, 1.54) is 6.33 Å². The molecule has 6 heteroatoms. The molecule has 0 unspecified atom stereocenters. The minimum Gasteiger partial charge on any atom is -0.488 e. The largest absolute Gasteiger partial charge is 0.488 e. The summed E-state index contributed by atoms with van der Waals surface area (Å²) in [5.41, 5.74) is 2.88. The van der Waals surface area contributed by atoms with Crippen LogP contribution in [0.3, 0.4) is 0 Å². The summed E-state index contributed by atoms with van der Waals surface area (Å²) >= 11 is 0. The van der Waals surface area contributed by atoms with Gasteiger partial charge in [-0.15, -0.1) is 0 Å². The highest BCUT2D eigenvalue weighted by Crippen LogP contribution is 2.27. The van der Waals surface area contributed by atoms with Crippen LogP contribution in [0, 0.1) is 0 Å². The molecular formula is C18H14N4O2. The van der Waals surface area contributed by atoms with Crippen LogP contribution in [-0.2, 0) is 4.79 Å². The standard InChI is InChI=1S/C18H14N4O2/c23-18(14-9-13-5-1-4-8-17(13)24-10-14)21-15-6-2-3-7-16(15)22-12-19-11-20-22/h1-9,11-12H,10H2,(H,21,23). The average molecular weight is 318 g/mol. The Labute approximate surface area is 138 Å². The number of carbonyl (C=O) groups is 1. The van der Waals surface area contributed by atoms with E-state index < -0.39 is 0 Å². The van der Waals surface area contributed by atoms with Gasteiger partial charge in [0.2, 0.25) is 0 Å². The van der Waals surface area contributed by atoms with Gasteiger partial charge in [0.05, 0.1) is 16.9 Å². The molecular weight excluding hydrogens is 304 g/mol. The number of hydrogen-bond acceptors (Lipinski definition) is 4. The van der Waals surface area contributed by atoms with Crippen molar-refractivity contribution in [2.24, 2.45) is 0 Å². The number of hydrogen-bond donors (Lipinski definition) is 1. The highest BCUT2D eigenvalue weighted by atomic mass is 16.5. The Morgan fingerprint density at radius 2 is 1.96 bits per heavy atom. The van der Waals surface area contributed by atoms with Crippen LogP contribution in [0.1, 0.15) is 5.56 Å². The number of aromatic nitrogens is 3. The maximum atomic E-state index is 12.6. The monoisotopic (exact) mass is 318 g/mol. The van der Waals surface area contributed by atoms with Gasteiger partial charge in [-0.05, 0) is 24.3 Å². The number of nitrogens with zero attached hydrogens (tertiary/aromatic N) is 3. The first kappa shape index (κ1) is 14.2. The first-order valence-corrected chi connectivity index (χ1v) is 7.49. The first-order valence-electron chi connectivity index (χ1n) is 7.49. The normalized spacial score (nSPS) is 12.8. The molecule has 6 nitrogen and oxygen atoms in total. The number of amides is 1. The fraction of sp³-hybridized carbons (Fsp3) is 0.0556. The molecule has 0 atom stereocenters. The smallest absolute Gasteiger partial charge is 0.255 e. The van der Waals surface area contributed by atoms with Crippen molar-refractivity contribution in [3.8, 4) is 11.4 Å². The molecule has 1 amide bonds. The third-order valence-electron chi connectivity index (χ3n) is 3.74. The number of benzene rings is 2. The van der Waals surface area contributed by atoms with E-state index in [-0.39, 0.29) is 12.5 Å². The summed E-state index contributed by atoms with van der Waals surface area (Å²) in [5.74, 6) is 0.592. The molecule has 118 valence electrons. The van der Waals surface area contributed by atoms with Gasteiger partial charge in [0, 0.05) is 5.56 Å². The van der Waals surface area contributed by atoms with Crippen LogP contribution in [0.15, 0.2) is 66.8 Å². The SMILES string of the molecule is O=C(Nc1ccccc1-n1cncn1)C1=Cc2ccccc2OC1. The molecule has 1 aliphatic rings. The number of carbonyl (C=O) groups excluding carboxylic acids is 1. The topological polar surface area (TPSA) is 69.0 Å². The van der Waals surface area contributed by atoms with E-state index in [0.29, 0.717) is 11.3 Å². The molecule has 1 aromatic heterocycles. The van der Waals surface area contributed by atoms with Gasteiger partial charge < -0.3 is 10.1 Å². The lowest BCUT2D eigenvalue weighted by Gasteiger charge is -2.18. The van der Waals surface area contributed by atoms with E-state index in [4.69, 9.17) is 4.74 Å². The molecule has 4 rings (SSSR count). The summed E-state index contributed by atoms with van der Waals surface area (Å²) in [4.78, 5) is 16.5. The van der Waals surface area contributed by atoms with E-state index in [1.807, 2.05) is 54.6 Å². The maximum Gasteiger partial charge on any atom is 0.255 e. The molecule has 0 bridgehead atoms. The van der Waals surface area contributed by atoms with E-state index in [0.717, 1.165) is 17.0 Å². The third kappa shape index (κ3) is 2.65. The van der Waals surface area contributed by atoms with Crippen molar-refractivity contribution in [2.45, 2.75) is 0 Å². The predicted molar refractivity (Wildman–Crippen MR) is 89.9 cm³/mol. The van der Waals surface area contributed by atoms with Crippen molar-refractivity contribution >= 4 is 17.7 Å². The number of para-hydroxylation sites is 3. The van der Waals surface area contributed by atoms with Crippen molar-refractivity contribution < 1.29 is 9.53 Å². The number of ether oxygens (including phenoxy) is 1. The Bertz CT molecular complexity index is 916. The Balaban J connectivity index is 1.61. The number of fused-ring (bicyclic) bond motifs is 1. The van der Waals surface area contributed by atoms with E-state index >= 15 is 0 Å². The minimum absolute atomic E-state index is 0.197. The van der Waals surface area contributed by atoms with Gasteiger partial charge in [-0.25, -0.2) is 9.67 Å². The van der Waals surface area contributed by atoms with Crippen LogP contribution >= 0.6 is 0 Å². The van der Waals surface area contributed by atoms with Gasteiger partial charge in [-0.1, -0.05) is 30.3 Å². The molecule has 24 heavy (non-hydrogen) atoms. The Hall–Kier alpha value is -3.41. The Kier molecular flexibility index (Phi) is 3.55. The molecule has 0 aliphatic carbocycles. The molecule has 1 aliphatic heterocycles. The van der Waals surface area contributed by atoms with Crippen LogP contribution in [0.5, 0.6) is 5.75 Å². The molecule has 0 radical (unpaired) electrons. The van der Waals surface area contributed by atoms with Crippen molar-refractivity contribution in [1.82, 2.24) is 14.8 Å². The zero-order chi connectivity index (χ0) is 16.4. The second kappa shape index (κ2) is 6.00. The quantitative estimate of drug-likeness (QED) is 0.806. The fourth-order valence-corrected chi connectivity index (χ4v) is 2.56. The molecule has 0 saturated heterocycles. The lowest BCUT2D eigenvalue weighted by molar-refractivity contribution is -0.113. The zero-order valence-electron chi connectivity index (χ0n) is 12.7. The van der Waals surface area contributed by atoms with Gasteiger partial charge in [-0.3, -0.25) is 4.79 Å². The van der Waals surface area contributed by atoms with Crippen molar-refractivity contribution in [1.29, 1.82) is 0 Å². The summed E-state index contributed by atoms with van der Waals surface area (Å²) in [6.45, 7) is 0.244. The van der Waals surface area contributed by atoms with Gasteiger partial charge >= 0.3 is 0 Å². The zero-order valence-corrected chi connectivity index (χ0v) is 12.7. The van der Waals surface area contributed by atoms with E-state index in [1.54, 1.807) is 11.0 Å². The van der Waals surface area contributed by atoms with Crippen molar-refractivity contribution in [3.63, 3.8) is 0 Å². The lowest BCUT2D eigenvalue weighted by Crippen LogP contribution is -2.22. The van der Waals surface area contributed by atoms with Crippen LogP contribution in [-0.4, -0.2) is 27.3 Å². The van der Waals surface area contributed by atoms with Crippen LogP contribution in [0.25, 0.3) is 11.8 Å². The lowest BCUT2D eigenvalue weighted by atomic mass is 10.1. The number of anilines is 1. The molecule has 2 heterocycles. The number of rotatable bonds is 3. The highest BCUT2D eigenvalue weighted by molar-refractivity contribution is 6.08. The highest BCUT2D eigenvalue weighted by Gasteiger charge is 2.18. The van der Waals surface area contributed by atoms with Crippen molar-refractivity contribution in [2.75, 3.05) is 11.9 Å². The van der Waals surface area contributed by atoms with Crippen LogP contribution < -0.4 is 10.1 Å². The van der Waals surface area contributed by atoms with Gasteiger partial charge in [-0.2, -0.15) is 5.10 Å². The predicted octanol–water partition coefficient (Wildman–Crippen LogP) is 2.68. The fourth-order valence-electron chi connectivity index (χ4n) is 2.56. The molecule has 1 N–H and O–H groups in total. The van der Waals surface area contributed by atoms with Gasteiger partial charge in [0.15, 0.2) is 0 Å². The van der Waals surface area contributed by atoms with Gasteiger partial charge in [0.25, 0.3) is 5.91 Å². The van der Waals surface area contributed by atoms with E-state index in [9.17, 15) is 4.79 Å². The van der Waals surface area contributed by atoms with Crippen molar-refractivity contribution in [3.05, 3.63) is 72.3 Å². The van der Waals surface area contributed by atoms with Crippen LogP contribution in [0.2, 0.25) is 0 Å². The van der Waals surface area contributed by atoms with Crippen LogP contribution in [0.4, 0.5) is 5.69 Å². The molecule has 0 spiro atoms. The summed E-state index contributed by atoms with van der Waals surface area (Å²) in [7, 11) is 0. The van der Waals surface area contributed by atoms with Gasteiger partial charge in [0.1, 0.15) is 25.0 Å². The second-order valence-electron chi connectivity index (χ2n) is 5.31. The summed E-state index contributed by atoms with van der Waals surface area (Å²) in [5, 5.41) is 7.04. The summed E-state index contributed by atoms with van der Waals surface area (Å²) in [6.07, 6.45) is 4.89. The Morgan fingerprint density at radius 1 is 1.12 bits per heavy atom. The second-order valence-corrected chi connectivity index (χ2v) is 5.31. The molecule has 2 aromatic carbocycles. The summed E-state index contributed by atoms with van der Waals surface area (Å²) in [6, 6.07) is 15.1. The molecule has 0 saturated carbocycles. The average Bonchev–Trinajstić information content (AvgIpc) is 3.16. The number of nitrogens with one attached hydrogen (secondary N) is 1. The minimum atomic E-state index is -0.197. The summed E-state index contributed by atoms with van der Waals surface area (Å²) < 4.78 is 7.25. The molecule has 3 aromatic rings. The third-order valence-corrected chi connectivity index (χ3v) is 3.74. The molecule has 0 fully saturated rings. The Morgan fingerprint density at radius 3 is 2.83 bits per heavy atom. The first-order chi connectivity index (χ1) is 11.8. The maximum absolute atomic E-state index is 12.6. The van der Waals surface area contributed by atoms with E-state index in [2.05, 4.69) is 15.4 Å².